The van der Waals surface area contributed by atoms with Crippen LogP contribution < -0.4 is 11.1 Å². The number of benzene rings is 2. The van der Waals surface area contributed by atoms with Gasteiger partial charge in [-0.25, -0.2) is 0 Å². The molecule has 0 bridgehead atoms. The molecule has 6 heteroatoms. The third-order valence-corrected chi connectivity index (χ3v) is 5.73. The number of nitrogens with zero attached hydrogens (tertiary/aromatic N) is 1. The molecule has 1 heterocycles. The van der Waals surface area contributed by atoms with Crippen molar-refractivity contribution in [2.24, 2.45) is 5.73 Å². The summed E-state index contributed by atoms with van der Waals surface area (Å²) < 4.78 is 0. The van der Waals surface area contributed by atoms with Gasteiger partial charge in [0.15, 0.2) is 0 Å². The molecule has 32 heavy (non-hydrogen) atoms. The van der Waals surface area contributed by atoms with E-state index in [0.717, 1.165) is 33.6 Å². The minimum absolute atomic E-state index is 0.434. The average Bonchev–Trinajstić information content (AvgIpc) is 2.82. The number of carbonyl (C=O) groups is 2. The lowest BCUT2D eigenvalue weighted by Gasteiger charge is -2.15. The van der Waals surface area contributed by atoms with Crippen LogP contribution in [0.3, 0.4) is 0 Å². The number of hydrogen-bond donors (Lipinski definition) is 2. The molecule has 1 aromatic heterocycles. The Labute approximate surface area is 193 Å². The zero-order valence-electron chi connectivity index (χ0n) is 18.2. The fraction of sp³-hybridized carbons (Fsp3) is 0.192. The highest BCUT2D eigenvalue weighted by Gasteiger charge is 2.20. The van der Waals surface area contributed by atoms with E-state index in [1.165, 1.54) is 0 Å². The second-order valence-corrected chi connectivity index (χ2v) is 8.43. The van der Waals surface area contributed by atoms with Crippen LogP contribution in [-0.2, 0) is 4.79 Å². The van der Waals surface area contributed by atoms with Crippen LogP contribution in [0, 0.1) is 6.92 Å². The summed E-state index contributed by atoms with van der Waals surface area (Å²) in [5.41, 5.74) is 11.0. The third-order valence-electron chi connectivity index (χ3n) is 5.08. The van der Waals surface area contributed by atoms with Gasteiger partial charge >= 0.3 is 0 Å². The molecule has 0 spiro atoms. The highest BCUT2D eigenvalue weighted by Crippen LogP contribution is 2.29. The molecule has 5 nitrogen and oxygen atoms in total. The van der Waals surface area contributed by atoms with Gasteiger partial charge in [0.1, 0.15) is 0 Å². The summed E-state index contributed by atoms with van der Waals surface area (Å²) in [7, 11) is 0. The van der Waals surface area contributed by atoms with Crippen molar-refractivity contribution in [1.29, 1.82) is 0 Å². The second kappa shape index (κ2) is 11.4. The summed E-state index contributed by atoms with van der Waals surface area (Å²) in [5.74, 6) is -0.147. The van der Waals surface area contributed by atoms with Gasteiger partial charge in [-0.1, -0.05) is 48.6 Å². The van der Waals surface area contributed by atoms with Gasteiger partial charge in [0.2, 0.25) is 5.91 Å². The van der Waals surface area contributed by atoms with E-state index < -0.39 is 17.9 Å². The predicted molar refractivity (Wildman–Crippen MR) is 133 cm³/mol. The van der Waals surface area contributed by atoms with Gasteiger partial charge in [0, 0.05) is 18.0 Å². The molecule has 0 fully saturated rings. The molecule has 0 saturated carbocycles. The van der Waals surface area contributed by atoms with Crippen molar-refractivity contribution >= 4 is 35.7 Å². The Morgan fingerprint density at radius 1 is 1.06 bits per heavy atom. The zero-order chi connectivity index (χ0) is 22.9. The van der Waals surface area contributed by atoms with E-state index in [2.05, 4.69) is 10.3 Å². The lowest BCUT2D eigenvalue weighted by Crippen LogP contribution is -2.43. The Bertz CT molecular complexity index is 1110. The van der Waals surface area contributed by atoms with E-state index in [1.807, 2.05) is 73.9 Å². The van der Waals surface area contributed by atoms with Crippen LogP contribution in [0.1, 0.15) is 33.5 Å². The molecule has 3 aromatic rings. The Kier molecular flexibility index (Phi) is 8.36. The molecule has 0 aliphatic rings. The smallest absolute Gasteiger partial charge is 0.258 e. The van der Waals surface area contributed by atoms with Crippen molar-refractivity contribution in [3.8, 4) is 11.1 Å². The molecule has 0 radical (unpaired) electrons. The number of nitrogens with one attached hydrogen (secondary N) is 1. The molecule has 3 N–H and O–H groups in total. The van der Waals surface area contributed by atoms with Gasteiger partial charge < -0.3 is 5.73 Å². The van der Waals surface area contributed by atoms with E-state index in [0.29, 0.717) is 12.0 Å². The third kappa shape index (κ3) is 6.15. The van der Waals surface area contributed by atoms with Gasteiger partial charge in [-0.3, -0.25) is 19.9 Å². The normalized spacial score (nSPS) is 12.0. The molecule has 3 rings (SSSR count). The highest BCUT2D eigenvalue weighted by atomic mass is 32.2. The molecule has 0 saturated heterocycles. The number of imide groups is 1. The minimum atomic E-state index is -0.713. The Morgan fingerprint density at radius 2 is 1.84 bits per heavy atom. The predicted octanol–water partition coefficient (Wildman–Crippen LogP) is 4.56. The first-order valence-corrected chi connectivity index (χ1v) is 11.8. The molecular weight excluding hydrogens is 418 g/mol. The number of amides is 2. The number of aromatic nitrogens is 1. The number of aryl methyl sites for hydroxylation is 1. The lowest BCUT2D eigenvalue weighted by molar-refractivity contribution is -0.121. The van der Waals surface area contributed by atoms with Crippen molar-refractivity contribution in [2.75, 3.05) is 12.0 Å². The van der Waals surface area contributed by atoms with Crippen molar-refractivity contribution in [3.63, 3.8) is 0 Å². The summed E-state index contributed by atoms with van der Waals surface area (Å²) in [6.45, 7) is 2.00. The first-order chi connectivity index (χ1) is 15.5. The molecule has 0 aliphatic carbocycles. The van der Waals surface area contributed by atoms with Gasteiger partial charge in [0.25, 0.3) is 5.91 Å². The Morgan fingerprint density at radius 3 is 2.56 bits per heavy atom. The molecule has 2 aromatic carbocycles. The summed E-state index contributed by atoms with van der Waals surface area (Å²) in [6.07, 6.45) is 9.93. The maximum Gasteiger partial charge on any atom is 0.258 e. The Hall–Kier alpha value is -3.22. The summed E-state index contributed by atoms with van der Waals surface area (Å²) >= 11 is 1.61. The Balaban J connectivity index is 1.93. The van der Waals surface area contributed by atoms with Crippen LogP contribution in [-0.4, -0.2) is 34.8 Å². The van der Waals surface area contributed by atoms with Crippen molar-refractivity contribution < 1.29 is 9.59 Å². The maximum absolute atomic E-state index is 13.0. The molecule has 2 amide bonds. The SMILES string of the molecule is CSCC[C@H](N)C(=O)NC(=O)c1ccc(C=Cc2cccnc2)cc1-c1ccccc1C. The number of pyridine rings is 1. The number of nitrogens with two attached hydrogens (primary N) is 1. The minimum Gasteiger partial charge on any atom is -0.320 e. The first-order valence-electron chi connectivity index (χ1n) is 10.4. The molecule has 0 aliphatic heterocycles. The fourth-order valence-corrected chi connectivity index (χ4v) is 3.77. The maximum atomic E-state index is 13.0. The van der Waals surface area contributed by atoms with E-state index >= 15 is 0 Å². The van der Waals surface area contributed by atoms with Crippen LogP contribution >= 0.6 is 11.8 Å². The standard InChI is InChI=1S/C26H27N3O2S/c1-18-6-3-4-8-21(18)23-16-19(9-10-20-7-5-14-28-17-20)11-12-22(23)25(30)29-26(31)24(27)13-15-32-2/h3-12,14,16-17,24H,13,15,27H2,1-2H3,(H,29,30,31)/t24-/m0/s1. The van der Waals surface area contributed by atoms with Gasteiger partial charge in [0.05, 0.1) is 6.04 Å². The van der Waals surface area contributed by atoms with Crippen LogP contribution in [0.4, 0.5) is 0 Å². The lowest BCUT2D eigenvalue weighted by atomic mass is 9.93. The van der Waals surface area contributed by atoms with E-state index in [4.69, 9.17) is 5.73 Å². The summed E-state index contributed by atoms with van der Waals surface area (Å²) in [4.78, 5) is 29.5. The molecule has 0 unspecified atom stereocenters. The first kappa shape index (κ1) is 23.4. The van der Waals surface area contributed by atoms with Crippen LogP contribution in [0.25, 0.3) is 23.3 Å². The van der Waals surface area contributed by atoms with E-state index in [-0.39, 0.29) is 0 Å². The van der Waals surface area contributed by atoms with Crippen LogP contribution in [0.15, 0.2) is 67.0 Å². The monoisotopic (exact) mass is 445 g/mol. The van der Waals surface area contributed by atoms with Gasteiger partial charge in [-0.05, 0) is 71.4 Å². The van der Waals surface area contributed by atoms with Gasteiger partial charge in [-0.2, -0.15) is 11.8 Å². The largest absolute Gasteiger partial charge is 0.320 e. The summed E-state index contributed by atoms with van der Waals surface area (Å²) in [6, 6.07) is 16.6. The molecule has 1 atom stereocenters. The molecule has 164 valence electrons. The number of hydrogen-bond acceptors (Lipinski definition) is 5. The number of carbonyl (C=O) groups excluding carboxylic acids is 2. The average molecular weight is 446 g/mol. The van der Waals surface area contributed by atoms with Crippen LogP contribution in [0.2, 0.25) is 0 Å². The summed E-state index contributed by atoms with van der Waals surface area (Å²) in [5, 5.41) is 2.47. The number of rotatable bonds is 8. The van der Waals surface area contributed by atoms with Crippen LogP contribution in [0.5, 0.6) is 0 Å². The zero-order valence-corrected chi connectivity index (χ0v) is 19.1. The second-order valence-electron chi connectivity index (χ2n) is 7.45. The van der Waals surface area contributed by atoms with Crippen molar-refractivity contribution in [1.82, 2.24) is 10.3 Å². The highest BCUT2D eigenvalue weighted by molar-refractivity contribution is 7.98. The van der Waals surface area contributed by atoms with Crippen molar-refractivity contribution in [2.45, 2.75) is 19.4 Å². The molecular formula is C26H27N3O2S. The fourth-order valence-electron chi connectivity index (χ4n) is 3.28. The van der Waals surface area contributed by atoms with E-state index in [9.17, 15) is 9.59 Å². The van der Waals surface area contributed by atoms with E-state index in [1.54, 1.807) is 30.2 Å². The topological polar surface area (TPSA) is 85.1 Å². The number of thioether (sulfide) groups is 1. The quantitative estimate of drug-likeness (QED) is 0.531. The van der Waals surface area contributed by atoms with Gasteiger partial charge in [-0.15, -0.1) is 0 Å². The van der Waals surface area contributed by atoms with Crippen molar-refractivity contribution in [3.05, 3.63) is 89.2 Å².